The van der Waals surface area contributed by atoms with Crippen molar-refractivity contribution in [2.45, 2.75) is 26.7 Å². The van der Waals surface area contributed by atoms with Gasteiger partial charge in [0.1, 0.15) is 9.71 Å². The average molecular weight is 390 g/mol. The number of aryl methyl sites for hydroxylation is 3. The van der Waals surface area contributed by atoms with Crippen LogP contribution in [0.4, 0.5) is 0 Å². The van der Waals surface area contributed by atoms with E-state index in [1.807, 2.05) is 54.2 Å². The highest BCUT2D eigenvalue weighted by Crippen LogP contribution is 2.35. The third-order valence-electron chi connectivity index (χ3n) is 4.80. The van der Waals surface area contributed by atoms with Gasteiger partial charge < -0.3 is 9.88 Å². The van der Waals surface area contributed by atoms with Crippen LogP contribution in [0, 0.1) is 13.8 Å². The molecule has 1 N–H and O–H groups in total. The Morgan fingerprint density at radius 2 is 1.86 bits per heavy atom. The second kappa shape index (κ2) is 7.98. The maximum absolute atomic E-state index is 13.0. The second-order valence-electron chi connectivity index (χ2n) is 6.98. The van der Waals surface area contributed by atoms with Gasteiger partial charge in [0.05, 0.1) is 5.69 Å². The molecule has 0 saturated carbocycles. The van der Waals surface area contributed by atoms with Crippen molar-refractivity contribution >= 4 is 27.5 Å². The highest BCUT2D eigenvalue weighted by atomic mass is 32.1. The molecule has 142 valence electrons. The molecule has 28 heavy (non-hydrogen) atoms. The van der Waals surface area contributed by atoms with Gasteiger partial charge in [-0.3, -0.25) is 4.79 Å². The summed E-state index contributed by atoms with van der Waals surface area (Å²) in [6.07, 6.45) is 5.83. The van der Waals surface area contributed by atoms with Gasteiger partial charge in [-0.2, -0.15) is 0 Å². The lowest BCUT2D eigenvalue weighted by molar-refractivity contribution is 0.0957. The lowest BCUT2D eigenvalue weighted by Gasteiger charge is -2.09. The van der Waals surface area contributed by atoms with Gasteiger partial charge in [-0.25, -0.2) is 4.98 Å². The van der Waals surface area contributed by atoms with Crippen molar-refractivity contribution in [3.8, 4) is 5.69 Å². The van der Waals surface area contributed by atoms with Gasteiger partial charge in [0, 0.05) is 30.0 Å². The fraction of sp³-hybridized carbons (Fsp3) is 0.217. The van der Waals surface area contributed by atoms with E-state index < -0.39 is 0 Å². The normalized spacial score (nSPS) is 11.1. The van der Waals surface area contributed by atoms with Crippen LogP contribution in [0.25, 0.3) is 15.9 Å². The number of nitrogens with one attached hydrogen (secondary N) is 1. The molecule has 0 aliphatic rings. The minimum Gasteiger partial charge on any atom is -0.351 e. The zero-order valence-corrected chi connectivity index (χ0v) is 16.9. The molecule has 1 amide bonds. The summed E-state index contributed by atoms with van der Waals surface area (Å²) in [7, 11) is 0. The Hall–Kier alpha value is -2.92. The number of nitrogens with zero attached hydrogens (tertiary/aromatic N) is 2. The van der Waals surface area contributed by atoms with Gasteiger partial charge in [-0.15, -0.1) is 11.3 Å². The van der Waals surface area contributed by atoms with E-state index >= 15 is 0 Å². The van der Waals surface area contributed by atoms with Crippen LogP contribution < -0.4 is 5.32 Å². The highest BCUT2D eigenvalue weighted by molar-refractivity contribution is 7.21. The van der Waals surface area contributed by atoms with E-state index in [2.05, 4.69) is 35.4 Å². The van der Waals surface area contributed by atoms with Crippen LogP contribution in [-0.2, 0) is 6.42 Å². The molecule has 3 aromatic heterocycles. The Morgan fingerprint density at radius 3 is 2.61 bits per heavy atom. The van der Waals surface area contributed by atoms with E-state index in [4.69, 9.17) is 0 Å². The quantitative estimate of drug-likeness (QED) is 0.468. The molecule has 0 saturated heterocycles. The summed E-state index contributed by atoms with van der Waals surface area (Å²) in [6.45, 7) is 4.72. The summed E-state index contributed by atoms with van der Waals surface area (Å²) >= 11 is 1.47. The van der Waals surface area contributed by atoms with Gasteiger partial charge in [-0.05, 0) is 56.0 Å². The zero-order chi connectivity index (χ0) is 19.5. The van der Waals surface area contributed by atoms with Crippen LogP contribution in [0.15, 0.2) is 60.9 Å². The first kappa shape index (κ1) is 18.4. The van der Waals surface area contributed by atoms with E-state index in [0.29, 0.717) is 11.4 Å². The molecule has 4 nitrogen and oxygen atoms in total. The number of thiophene rings is 1. The maximum Gasteiger partial charge on any atom is 0.263 e. The monoisotopic (exact) mass is 389 g/mol. The van der Waals surface area contributed by atoms with E-state index in [0.717, 1.165) is 40.0 Å². The summed E-state index contributed by atoms with van der Waals surface area (Å²) in [4.78, 5) is 19.3. The first-order valence-corrected chi connectivity index (χ1v) is 10.3. The Kier molecular flexibility index (Phi) is 5.26. The summed E-state index contributed by atoms with van der Waals surface area (Å²) in [5.41, 5.74) is 4.34. The number of benzene rings is 1. The van der Waals surface area contributed by atoms with E-state index in [1.54, 1.807) is 0 Å². The summed E-state index contributed by atoms with van der Waals surface area (Å²) in [6, 6.07) is 16.4. The van der Waals surface area contributed by atoms with Crippen LogP contribution in [0.2, 0.25) is 0 Å². The first-order valence-electron chi connectivity index (χ1n) is 9.49. The van der Waals surface area contributed by atoms with Crippen molar-refractivity contribution < 1.29 is 4.79 Å². The molecule has 3 heterocycles. The SMILES string of the molecule is Cc1cc(C)c2c(-n3cccc3)c(C(=O)NCCCc3ccccc3)sc2n1. The van der Waals surface area contributed by atoms with Crippen molar-refractivity contribution in [1.29, 1.82) is 0 Å². The molecule has 0 fully saturated rings. The van der Waals surface area contributed by atoms with Crippen LogP contribution in [-0.4, -0.2) is 22.0 Å². The molecule has 4 rings (SSSR count). The first-order chi connectivity index (χ1) is 13.6. The Balaban J connectivity index is 1.58. The molecule has 0 aliphatic carbocycles. The van der Waals surface area contributed by atoms with Crippen LogP contribution >= 0.6 is 11.3 Å². The summed E-state index contributed by atoms with van der Waals surface area (Å²) in [5.74, 6) is -0.0307. The number of fused-ring (bicyclic) bond motifs is 1. The minimum absolute atomic E-state index is 0.0307. The lowest BCUT2D eigenvalue weighted by Crippen LogP contribution is -2.25. The van der Waals surface area contributed by atoms with Crippen molar-refractivity contribution in [3.05, 3.63) is 82.6 Å². The molecule has 1 aromatic carbocycles. The standard InChI is InChI=1S/C23H23N3OS/c1-16-15-17(2)25-23-19(16)20(26-13-6-7-14-26)21(28-23)22(27)24-12-8-11-18-9-4-3-5-10-18/h3-7,9-10,13-15H,8,11-12H2,1-2H3,(H,24,27). The maximum atomic E-state index is 13.0. The fourth-order valence-corrected chi connectivity index (χ4v) is 4.74. The summed E-state index contributed by atoms with van der Waals surface area (Å²) in [5, 5.41) is 4.15. The van der Waals surface area contributed by atoms with E-state index in [1.165, 1.54) is 16.9 Å². The average Bonchev–Trinajstić information content (AvgIpc) is 3.33. The number of pyridine rings is 1. The third-order valence-corrected chi connectivity index (χ3v) is 5.87. The Labute approximate surface area is 168 Å². The molecule has 0 bridgehead atoms. The van der Waals surface area contributed by atoms with Crippen molar-refractivity contribution in [2.75, 3.05) is 6.54 Å². The smallest absolute Gasteiger partial charge is 0.263 e. The molecule has 0 radical (unpaired) electrons. The predicted molar refractivity (Wildman–Crippen MR) is 116 cm³/mol. The number of rotatable bonds is 6. The van der Waals surface area contributed by atoms with Gasteiger partial charge in [0.25, 0.3) is 5.91 Å². The molecular weight excluding hydrogens is 366 g/mol. The predicted octanol–water partition coefficient (Wildman–Crippen LogP) is 5.07. The number of hydrogen-bond donors (Lipinski definition) is 1. The van der Waals surface area contributed by atoms with Crippen molar-refractivity contribution in [1.82, 2.24) is 14.9 Å². The largest absolute Gasteiger partial charge is 0.351 e. The summed E-state index contributed by atoms with van der Waals surface area (Å²) < 4.78 is 2.02. The number of carbonyl (C=O) groups is 1. The Morgan fingerprint density at radius 1 is 1.11 bits per heavy atom. The fourth-order valence-electron chi connectivity index (χ4n) is 3.53. The van der Waals surface area contributed by atoms with E-state index in [9.17, 15) is 4.79 Å². The third kappa shape index (κ3) is 3.71. The second-order valence-corrected chi connectivity index (χ2v) is 7.97. The Bertz CT molecular complexity index is 1100. The van der Waals surface area contributed by atoms with Gasteiger partial charge >= 0.3 is 0 Å². The highest BCUT2D eigenvalue weighted by Gasteiger charge is 2.21. The molecule has 4 aromatic rings. The van der Waals surface area contributed by atoms with E-state index in [-0.39, 0.29) is 5.91 Å². The van der Waals surface area contributed by atoms with Crippen molar-refractivity contribution in [3.63, 3.8) is 0 Å². The topological polar surface area (TPSA) is 46.9 Å². The lowest BCUT2D eigenvalue weighted by atomic mass is 10.1. The van der Waals surface area contributed by atoms with Gasteiger partial charge in [0.15, 0.2) is 0 Å². The van der Waals surface area contributed by atoms with Gasteiger partial charge in [-0.1, -0.05) is 30.3 Å². The van der Waals surface area contributed by atoms with Crippen LogP contribution in [0.3, 0.4) is 0 Å². The number of hydrogen-bond acceptors (Lipinski definition) is 3. The number of aromatic nitrogens is 2. The van der Waals surface area contributed by atoms with Crippen LogP contribution in [0.1, 0.15) is 32.9 Å². The molecular formula is C23H23N3OS. The molecule has 0 spiro atoms. The number of amides is 1. The molecule has 0 atom stereocenters. The van der Waals surface area contributed by atoms with Crippen LogP contribution in [0.5, 0.6) is 0 Å². The zero-order valence-electron chi connectivity index (χ0n) is 16.1. The minimum atomic E-state index is -0.0307. The molecule has 5 heteroatoms. The molecule has 0 unspecified atom stereocenters. The van der Waals surface area contributed by atoms with Gasteiger partial charge in [0.2, 0.25) is 0 Å². The molecule has 0 aliphatic heterocycles. The number of carbonyl (C=O) groups excluding carboxylic acids is 1. The van der Waals surface area contributed by atoms with Crippen molar-refractivity contribution in [2.24, 2.45) is 0 Å².